The number of rotatable bonds is 5. The fourth-order valence-corrected chi connectivity index (χ4v) is 3.70. The summed E-state index contributed by atoms with van der Waals surface area (Å²) < 4.78 is 5.81. The van der Waals surface area contributed by atoms with E-state index in [4.69, 9.17) is 4.74 Å². The highest BCUT2D eigenvalue weighted by molar-refractivity contribution is 5.95. The molecule has 2 saturated carbocycles. The molecule has 0 radical (unpaired) electrons. The molecule has 0 spiro atoms. The predicted octanol–water partition coefficient (Wildman–Crippen LogP) is 2.59. The third-order valence-electron chi connectivity index (χ3n) is 5.52. The summed E-state index contributed by atoms with van der Waals surface area (Å²) in [7, 11) is 1.79. The van der Waals surface area contributed by atoms with Gasteiger partial charge in [0.1, 0.15) is 5.75 Å². The molecule has 5 nitrogen and oxygen atoms in total. The molecule has 1 aromatic carbocycles. The number of likely N-dealkylation sites (tertiary alicyclic amines) is 1. The van der Waals surface area contributed by atoms with Gasteiger partial charge in [-0.05, 0) is 61.8 Å². The number of nitrogens with zero attached hydrogens (tertiary/aromatic N) is 1. The van der Waals surface area contributed by atoms with E-state index in [2.05, 4.69) is 5.32 Å². The third-order valence-corrected chi connectivity index (χ3v) is 5.52. The van der Waals surface area contributed by atoms with Crippen LogP contribution in [0.5, 0.6) is 5.75 Å². The summed E-state index contributed by atoms with van der Waals surface area (Å²) in [5, 5.41) is 3.05. The zero-order valence-electron chi connectivity index (χ0n) is 14.2. The van der Waals surface area contributed by atoms with Crippen LogP contribution in [-0.4, -0.2) is 36.4 Å². The molecule has 24 heavy (non-hydrogen) atoms. The molecule has 4 rings (SSSR count). The van der Waals surface area contributed by atoms with Crippen molar-refractivity contribution in [3.63, 3.8) is 0 Å². The summed E-state index contributed by atoms with van der Waals surface area (Å²) in [6.07, 6.45) is 3.98. The van der Waals surface area contributed by atoms with Crippen molar-refractivity contribution in [2.45, 2.75) is 38.7 Å². The molecular weight excluding hydrogens is 304 g/mol. The number of anilines is 1. The van der Waals surface area contributed by atoms with Crippen LogP contribution in [-0.2, 0) is 9.59 Å². The predicted molar refractivity (Wildman–Crippen MR) is 90.8 cm³/mol. The number of hydrogen-bond acceptors (Lipinski definition) is 3. The van der Waals surface area contributed by atoms with Crippen molar-refractivity contribution in [2.24, 2.45) is 17.8 Å². The highest BCUT2D eigenvalue weighted by atomic mass is 16.5. The zero-order chi connectivity index (χ0) is 16.8. The molecule has 1 saturated heterocycles. The Morgan fingerprint density at radius 1 is 1.29 bits per heavy atom. The first kappa shape index (κ1) is 15.5. The molecule has 1 aromatic rings. The number of carbonyl (C=O) groups excluding carboxylic acids is 2. The number of likely N-dealkylation sites (N-methyl/N-ethyl adjacent to an activating group) is 1. The molecule has 5 heteroatoms. The van der Waals surface area contributed by atoms with E-state index in [0.717, 1.165) is 36.6 Å². The Hall–Kier alpha value is -2.04. The van der Waals surface area contributed by atoms with Crippen molar-refractivity contribution >= 4 is 17.5 Å². The quantitative estimate of drug-likeness (QED) is 0.904. The molecule has 3 atom stereocenters. The van der Waals surface area contributed by atoms with Gasteiger partial charge in [0.05, 0.1) is 0 Å². The number of hydrogen-bond donors (Lipinski definition) is 1. The SMILES string of the molecule is Cc1cc(OC2CCN(C)C2=O)ccc1NC(=O)C1CC1C1CC1. The molecule has 0 bridgehead atoms. The number of benzene rings is 1. The summed E-state index contributed by atoms with van der Waals surface area (Å²) in [6.45, 7) is 2.69. The summed E-state index contributed by atoms with van der Waals surface area (Å²) in [5.41, 5.74) is 1.80. The second-order valence-electron chi connectivity index (χ2n) is 7.46. The fraction of sp³-hybridized carbons (Fsp3) is 0.579. The van der Waals surface area contributed by atoms with Crippen LogP contribution in [0.15, 0.2) is 18.2 Å². The zero-order valence-corrected chi connectivity index (χ0v) is 14.2. The average molecular weight is 328 g/mol. The van der Waals surface area contributed by atoms with Crippen molar-refractivity contribution in [2.75, 3.05) is 18.9 Å². The Bertz CT molecular complexity index is 683. The maximum Gasteiger partial charge on any atom is 0.263 e. The molecule has 1 N–H and O–H groups in total. The van der Waals surface area contributed by atoms with E-state index in [1.165, 1.54) is 12.8 Å². The first-order valence-corrected chi connectivity index (χ1v) is 8.86. The standard InChI is InChI=1S/C19H24N2O3/c1-11-9-13(24-17-7-8-21(2)19(17)23)5-6-16(11)20-18(22)15-10-14(15)12-3-4-12/h5-6,9,12,14-15,17H,3-4,7-8,10H2,1-2H3,(H,20,22). The lowest BCUT2D eigenvalue weighted by atomic mass is 10.1. The maximum atomic E-state index is 12.3. The van der Waals surface area contributed by atoms with Gasteiger partial charge in [0.15, 0.2) is 6.10 Å². The minimum atomic E-state index is -0.388. The van der Waals surface area contributed by atoms with Gasteiger partial charge in [-0.2, -0.15) is 0 Å². The van der Waals surface area contributed by atoms with Gasteiger partial charge in [-0.15, -0.1) is 0 Å². The molecule has 2 amide bonds. The number of aryl methyl sites for hydroxylation is 1. The van der Waals surface area contributed by atoms with Gasteiger partial charge >= 0.3 is 0 Å². The molecule has 128 valence electrons. The van der Waals surface area contributed by atoms with Gasteiger partial charge in [-0.25, -0.2) is 0 Å². The summed E-state index contributed by atoms with van der Waals surface area (Å²) in [4.78, 5) is 25.9. The number of ether oxygens (including phenoxy) is 1. The second-order valence-corrected chi connectivity index (χ2v) is 7.46. The lowest BCUT2D eigenvalue weighted by Gasteiger charge is -2.15. The van der Waals surface area contributed by atoms with E-state index < -0.39 is 0 Å². The van der Waals surface area contributed by atoms with Crippen LogP contribution >= 0.6 is 0 Å². The van der Waals surface area contributed by atoms with Crippen LogP contribution in [0.1, 0.15) is 31.2 Å². The van der Waals surface area contributed by atoms with Crippen molar-refractivity contribution in [3.8, 4) is 5.75 Å². The third kappa shape index (κ3) is 2.99. The largest absolute Gasteiger partial charge is 0.481 e. The van der Waals surface area contributed by atoms with Crippen LogP contribution in [0.3, 0.4) is 0 Å². The Kier molecular flexibility index (Phi) is 3.74. The van der Waals surface area contributed by atoms with Crippen molar-refractivity contribution in [1.29, 1.82) is 0 Å². The lowest BCUT2D eigenvalue weighted by Crippen LogP contribution is -2.29. The smallest absolute Gasteiger partial charge is 0.263 e. The summed E-state index contributed by atoms with van der Waals surface area (Å²) in [5.74, 6) is 2.50. The summed E-state index contributed by atoms with van der Waals surface area (Å²) >= 11 is 0. The second kappa shape index (κ2) is 5.80. The van der Waals surface area contributed by atoms with E-state index in [1.54, 1.807) is 11.9 Å². The molecule has 1 aliphatic heterocycles. The fourth-order valence-electron chi connectivity index (χ4n) is 3.70. The average Bonchev–Trinajstić information content (AvgIpc) is 3.44. The van der Waals surface area contributed by atoms with E-state index in [0.29, 0.717) is 11.7 Å². The van der Waals surface area contributed by atoms with Gasteiger partial charge in [0.25, 0.3) is 5.91 Å². The molecule has 1 heterocycles. The number of nitrogens with one attached hydrogen (secondary N) is 1. The lowest BCUT2D eigenvalue weighted by molar-refractivity contribution is -0.132. The van der Waals surface area contributed by atoms with Crippen LogP contribution in [0.25, 0.3) is 0 Å². The van der Waals surface area contributed by atoms with Crippen LogP contribution in [0, 0.1) is 24.7 Å². The minimum Gasteiger partial charge on any atom is -0.481 e. The molecular formula is C19H24N2O3. The first-order chi connectivity index (χ1) is 11.5. The van der Waals surface area contributed by atoms with E-state index in [-0.39, 0.29) is 23.8 Å². The first-order valence-electron chi connectivity index (χ1n) is 8.86. The van der Waals surface area contributed by atoms with Crippen LogP contribution in [0.4, 0.5) is 5.69 Å². The minimum absolute atomic E-state index is 0.0323. The Labute approximate surface area is 142 Å². The number of amides is 2. The molecule has 2 aliphatic carbocycles. The van der Waals surface area contributed by atoms with Crippen LogP contribution < -0.4 is 10.1 Å². The molecule has 0 aromatic heterocycles. The monoisotopic (exact) mass is 328 g/mol. The highest BCUT2D eigenvalue weighted by Gasteiger charge is 2.51. The Morgan fingerprint density at radius 3 is 2.71 bits per heavy atom. The molecule has 3 aliphatic rings. The highest BCUT2D eigenvalue weighted by Crippen LogP contribution is 2.54. The van der Waals surface area contributed by atoms with Crippen molar-refractivity contribution in [3.05, 3.63) is 23.8 Å². The Morgan fingerprint density at radius 2 is 2.08 bits per heavy atom. The van der Waals surface area contributed by atoms with Gasteiger partial charge < -0.3 is 15.0 Å². The number of carbonyl (C=O) groups is 2. The topological polar surface area (TPSA) is 58.6 Å². The van der Waals surface area contributed by atoms with E-state index in [1.807, 2.05) is 25.1 Å². The van der Waals surface area contributed by atoms with Crippen molar-refractivity contribution in [1.82, 2.24) is 4.90 Å². The summed E-state index contributed by atoms with van der Waals surface area (Å²) in [6, 6.07) is 5.60. The maximum absolute atomic E-state index is 12.3. The normalized spacial score (nSPS) is 28.8. The van der Waals surface area contributed by atoms with Gasteiger partial charge in [-0.1, -0.05) is 0 Å². The van der Waals surface area contributed by atoms with E-state index in [9.17, 15) is 9.59 Å². The molecule has 3 unspecified atom stereocenters. The van der Waals surface area contributed by atoms with Gasteiger partial charge in [0.2, 0.25) is 5.91 Å². The Balaban J connectivity index is 1.37. The van der Waals surface area contributed by atoms with Crippen molar-refractivity contribution < 1.29 is 14.3 Å². The van der Waals surface area contributed by atoms with Crippen LogP contribution in [0.2, 0.25) is 0 Å². The molecule has 3 fully saturated rings. The van der Waals surface area contributed by atoms with E-state index >= 15 is 0 Å². The van der Waals surface area contributed by atoms with Gasteiger partial charge in [-0.3, -0.25) is 9.59 Å². The van der Waals surface area contributed by atoms with Gasteiger partial charge in [0, 0.05) is 31.6 Å².